The Morgan fingerprint density at radius 1 is 1.00 bits per heavy atom. The van der Waals surface area contributed by atoms with E-state index in [0.717, 1.165) is 18.2 Å². The van der Waals surface area contributed by atoms with E-state index in [-0.39, 0.29) is 5.91 Å². The number of benzene rings is 2. The number of hydrogen-bond acceptors (Lipinski definition) is 4. The second-order valence-corrected chi connectivity index (χ2v) is 5.94. The molecular weight excluding hydrogens is 377 g/mol. The number of hydrogen-bond donors (Lipinski definition) is 1. The van der Waals surface area contributed by atoms with Crippen LogP contribution in [0.15, 0.2) is 48.5 Å². The molecule has 0 spiro atoms. The van der Waals surface area contributed by atoms with Crippen molar-refractivity contribution in [2.45, 2.75) is 6.18 Å². The fraction of sp³-hybridized carbons (Fsp3) is 0.211. The Balaban J connectivity index is 1.96. The molecule has 0 radical (unpaired) electrons. The van der Waals surface area contributed by atoms with Crippen LogP contribution in [-0.2, 0) is 15.7 Å². The number of nitrogens with zero attached hydrogens (tertiary/aromatic N) is 1. The highest BCUT2D eigenvalue weighted by Crippen LogP contribution is 2.32. The molecule has 2 amide bonds. The van der Waals surface area contributed by atoms with E-state index in [1.54, 1.807) is 14.1 Å². The van der Waals surface area contributed by atoms with Gasteiger partial charge in [0.15, 0.2) is 6.61 Å². The van der Waals surface area contributed by atoms with Crippen LogP contribution in [0, 0.1) is 0 Å². The molecule has 0 aliphatic rings. The smallest absolute Gasteiger partial charge is 0.417 e. The Kier molecular flexibility index (Phi) is 6.40. The Hall–Kier alpha value is -3.36. The van der Waals surface area contributed by atoms with Crippen molar-refractivity contribution in [3.05, 3.63) is 65.2 Å². The SMILES string of the molecule is CN(C)C(=O)c1ccc(NC(=O)COC(=O)c2ccccc2C(F)(F)F)cc1. The molecule has 148 valence electrons. The van der Waals surface area contributed by atoms with Gasteiger partial charge in [0.2, 0.25) is 0 Å². The zero-order valence-corrected chi connectivity index (χ0v) is 15.0. The fourth-order valence-electron chi connectivity index (χ4n) is 2.27. The Labute approximate surface area is 158 Å². The average molecular weight is 394 g/mol. The molecule has 0 heterocycles. The quantitative estimate of drug-likeness (QED) is 0.791. The van der Waals surface area contributed by atoms with Crippen LogP contribution >= 0.6 is 0 Å². The summed E-state index contributed by atoms with van der Waals surface area (Å²) in [6.07, 6.45) is -4.72. The molecule has 0 aromatic heterocycles. The van der Waals surface area contributed by atoms with Crippen LogP contribution in [0.5, 0.6) is 0 Å². The van der Waals surface area contributed by atoms with Crippen LogP contribution in [0.2, 0.25) is 0 Å². The van der Waals surface area contributed by atoms with E-state index >= 15 is 0 Å². The molecule has 0 unspecified atom stereocenters. The minimum atomic E-state index is -4.72. The summed E-state index contributed by atoms with van der Waals surface area (Å²) in [4.78, 5) is 37.0. The van der Waals surface area contributed by atoms with Gasteiger partial charge >= 0.3 is 12.1 Å². The molecule has 0 saturated carbocycles. The zero-order valence-electron chi connectivity index (χ0n) is 15.0. The third-order valence-corrected chi connectivity index (χ3v) is 3.61. The van der Waals surface area contributed by atoms with Crippen LogP contribution in [-0.4, -0.2) is 43.4 Å². The largest absolute Gasteiger partial charge is 0.452 e. The van der Waals surface area contributed by atoms with Crippen molar-refractivity contribution < 1.29 is 32.3 Å². The van der Waals surface area contributed by atoms with Gasteiger partial charge in [0.05, 0.1) is 11.1 Å². The lowest BCUT2D eigenvalue weighted by Crippen LogP contribution is -2.23. The van der Waals surface area contributed by atoms with Crippen LogP contribution < -0.4 is 5.32 Å². The number of carbonyl (C=O) groups excluding carboxylic acids is 3. The molecule has 1 N–H and O–H groups in total. The van der Waals surface area contributed by atoms with E-state index in [1.165, 1.54) is 35.2 Å². The van der Waals surface area contributed by atoms with Gasteiger partial charge in [-0.15, -0.1) is 0 Å². The summed E-state index contributed by atoms with van der Waals surface area (Å²) in [5.74, 6) is -2.20. The van der Waals surface area contributed by atoms with E-state index < -0.39 is 35.8 Å². The molecule has 0 bridgehead atoms. The maximum Gasteiger partial charge on any atom is 0.417 e. The number of alkyl halides is 3. The van der Waals surface area contributed by atoms with Crippen molar-refractivity contribution in [1.29, 1.82) is 0 Å². The molecule has 6 nitrogen and oxygen atoms in total. The van der Waals surface area contributed by atoms with Crippen molar-refractivity contribution in [2.24, 2.45) is 0 Å². The minimum absolute atomic E-state index is 0.213. The predicted molar refractivity (Wildman–Crippen MR) is 94.8 cm³/mol. The fourth-order valence-corrected chi connectivity index (χ4v) is 2.27. The van der Waals surface area contributed by atoms with E-state index in [1.807, 2.05) is 0 Å². The summed E-state index contributed by atoms with van der Waals surface area (Å²) < 4.78 is 43.4. The molecule has 2 aromatic carbocycles. The molecule has 9 heteroatoms. The van der Waals surface area contributed by atoms with Crippen molar-refractivity contribution in [2.75, 3.05) is 26.0 Å². The number of amides is 2. The van der Waals surface area contributed by atoms with Gasteiger partial charge in [-0.3, -0.25) is 9.59 Å². The van der Waals surface area contributed by atoms with E-state index in [2.05, 4.69) is 10.1 Å². The van der Waals surface area contributed by atoms with Gasteiger partial charge in [-0.2, -0.15) is 13.2 Å². The molecule has 0 fully saturated rings. The lowest BCUT2D eigenvalue weighted by atomic mass is 10.1. The average Bonchev–Trinajstić information content (AvgIpc) is 2.65. The van der Waals surface area contributed by atoms with Gasteiger partial charge in [0.1, 0.15) is 0 Å². The molecule has 0 atom stereocenters. The Morgan fingerprint density at radius 3 is 2.18 bits per heavy atom. The van der Waals surface area contributed by atoms with Crippen molar-refractivity contribution in [1.82, 2.24) is 4.90 Å². The number of carbonyl (C=O) groups is 3. The summed E-state index contributed by atoms with van der Waals surface area (Å²) in [6, 6.07) is 10.1. The normalized spacial score (nSPS) is 10.9. The summed E-state index contributed by atoms with van der Waals surface area (Å²) in [7, 11) is 3.20. The number of rotatable bonds is 5. The third kappa shape index (κ3) is 5.32. The van der Waals surface area contributed by atoms with Crippen LogP contribution in [0.25, 0.3) is 0 Å². The monoisotopic (exact) mass is 394 g/mol. The number of ether oxygens (including phenoxy) is 1. The molecule has 2 aromatic rings. The van der Waals surface area contributed by atoms with Gasteiger partial charge in [0, 0.05) is 25.3 Å². The number of nitrogens with one attached hydrogen (secondary N) is 1. The Morgan fingerprint density at radius 2 is 1.61 bits per heavy atom. The van der Waals surface area contributed by atoms with Gasteiger partial charge in [0.25, 0.3) is 11.8 Å². The van der Waals surface area contributed by atoms with Crippen molar-refractivity contribution >= 4 is 23.5 Å². The van der Waals surface area contributed by atoms with E-state index in [4.69, 9.17) is 0 Å². The molecule has 2 rings (SSSR count). The van der Waals surface area contributed by atoms with E-state index in [9.17, 15) is 27.6 Å². The first-order valence-electron chi connectivity index (χ1n) is 8.04. The lowest BCUT2D eigenvalue weighted by Gasteiger charge is -2.12. The first-order valence-corrected chi connectivity index (χ1v) is 8.04. The van der Waals surface area contributed by atoms with Crippen LogP contribution in [0.1, 0.15) is 26.3 Å². The second kappa shape index (κ2) is 8.55. The summed E-state index contributed by atoms with van der Waals surface area (Å²) in [6.45, 7) is -0.761. The number of esters is 1. The lowest BCUT2D eigenvalue weighted by molar-refractivity contribution is -0.138. The van der Waals surface area contributed by atoms with Gasteiger partial charge < -0.3 is 15.0 Å². The Bertz CT molecular complexity index is 877. The van der Waals surface area contributed by atoms with Crippen molar-refractivity contribution in [3.63, 3.8) is 0 Å². The second-order valence-electron chi connectivity index (χ2n) is 5.94. The van der Waals surface area contributed by atoms with Gasteiger partial charge in [-0.25, -0.2) is 4.79 Å². The third-order valence-electron chi connectivity index (χ3n) is 3.61. The topological polar surface area (TPSA) is 75.7 Å². The highest BCUT2D eigenvalue weighted by atomic mass is 19.4. The van der Waals surface area contributed by atoms with Crippen molar-refractivity contribution in [3.8, 4) is 0 Å². The highest BCUT2D eigenvalue weighted by molar-refractivity contribution is 5.97. The number of halogens is 3. The molecule has 28 heavy (non-hydrogen) atoms. The molecule has 0 aliphatic carbocycles. The summed E-state index contributed by atoms with van der Waals surface area (Å²) in [5, 5.41) is 2.43. The molecule has 0 aliphatic heterocycles. The summed E-state index contributed by atoms with van der Waals surface area (Å²) in [5.41, 5.74) is -1.05. The molecular formula is C19H17F3N2O4. The molecule has 0 saturated heterocycles. The van der Waals surface area contributed by atoms with Crippen LogP contribution in [0.4, 0.5) is 18.9 Å². The van der Waals surface area contributed by atoms with Gasteiger partial charge in [-0.05, 0) is 36.4 Å². The highest BCUT2D eigenvalue weighted by Gasteiger charge is 2.35. The van der Waals surface area contributed by atoms with Gasteiger partial charge in [-0.1, -0.05) is 12.1 Å². The summed E-state index contributed by atoms with van der Waals surface area (Å²) >= 11 is 0. The standard InChI is InChI=1S/C19H17F3N2O4/c1-24(2)17(26)12-7-9-13(10-8-12)23-16(25)11-28-18(27)14-5-3-4-6-15(14)19(20,21)22/h3-10H,11H2,1-2H3,(H,23,25). The number of anilines is 1. The first-order chi connectivity index (χ1) is 13.1. The maximum absolute atomic E-state index is 12.9. The maximum atomic E-state index is 12.9. The van der Waals surface area contributed by atoms with Crippen LogP contribution in [0.3, 0.4) is 0 Å². The predicted octanol–water partition coefficient (Wildman–Crippen LogP) is 3.20. The first kappa shape index (κ1) is 20.9. The minimum Gasteiger partial charge on any atom is -0.452 e. The van der Waals surface area contributed by atoms with E-state index in [0.29, 0.717) is 11.3 Å². The zero-order chi connectivity index (χ0) is 20.9.